The molecule has 1 aromatic heterocycles. The van der Waals surface area contributed by atoms with Crippen LogP contribution in [0.4, 0.5) is 0 Å². The third-order valence-corrected chi connectivity index (χ3v) is 4.31. The summed E-state index contributed by atoms with van der Waals surface area (Å²) in [6, 6.07) is 0. The Hall–Kier alpha value is -1.36. The van der Waals surface area contributed by atoms with E-state index in [1.807, 2.05) is 16.6 Å². The highest BCUT2D eigenvalue weighted by atomic mass is 16.2. The monoisotopic (exact) mass is 276 g/mol. The Kier molecular flexibility index (Phi) is 3.54. The van der Waals surface area contributed by atoms with E-state index in [9.17, 15) is 4.79 Å². The highest BCUT2D eigenvalue weighted by Gasteiger charge is 2.30. The summed E-state index contributed by atoms with van der Waals surface area (Å²) in [7, 11) is 6.12. The van der Waals surface area contributed by atoms with E-state index in [4.69, 9.17) is 0 Å². The first-order chi connectivity index (χ1) is 9.54. The van der Waals surface area contributed by atoms with Gasteiger partial charge in [0, 0.05) is 32.1 Å². The van der Waals surface area contributed by atoms with Crippen LogP contribution in [0.25, 0.3) is 0 Å². The average Bonchev–Trinajstić information content (AvgIpc) is 3.15. The number of fused-ring (bicyclic) bond motifs is 1. The lowest BCUT2D eigenvalue weighted by atomic mass is 10.0. The van der Waals surface area contributed by atoms with E-state index in [0.29, 0.717) is 11.8 Å². The second-order valence-electron chi connectivity index (χ2n) is 6.45. The van der Waals surface area contributed by atoms with Gasteiger partial charge in [0.15, 0.2) is 0 Å². The zero-order valence-electron chi connectivity index (χ0n) is 12.7. The van der Waals surface area contributed by atoms with Crippen LogP contribution < -0.4 is 0 Å². The van der Waals surface area contributed by atoms with Crippen LogP contribution in [0.5, 0.6) is 0 Å². The quantitative estimate of drug-likeness (QED) is 0.829. The van der Waals surface area contributed by atoms with Crippen LogP contribution in [-0.2, 0) is 31.4 Å². The van der Waals surface area contributed by atoms with E-state index in [0.717, 1.165) is 32.5 Å². The first-order valence-electron chi connectivity index (χ1n) is 7.50. The Morgan fingerprint density at radius 3 is 2.80 bits per heavy atom. The van der Waals surface area contributed by atoms with Crippen molar-refractivity contribution in [2.75, 3.05) is 20.6 Å². The van der Waals surface area contributed by atoms with Gasteiger partial charge in [0.1, 0.15) is 0 Å². The highest BCUT2D eigenvalue weighted by molar-refractivity contribution is 5.77. The number of hydrogen-bond acceptors (Lipinski definition) is 3. The number of nitrogens with zero attached hydrogens (tertiary/aromatic N) is 4. The Morgan fingerprint density at radius 2 is 2.15 bits per heavy atom. The van der Waals surface area contributed by atoms with Gasteiger partial charge < -0.3 is 9.80 Å². The van der Waals surface area contributed by atoms with Crippen molar-refractivity contribution in [2.24, 2.45) is 13.0 Å². The molecule has 110 valence electrons. The lowest BCUT2D eigenvalue weighted by molar-refractivity contribution is -0.132. The van der Waals surface area contributed by atoms with Gasteiger partial charge in [0.25, 0.3) is 0 Å². The minimum absolute atomic E-state index is 0.327. The Balaban J connectivity index is 1.73. The fraction of sp³-hybridized carbons (Fsp3) is 0.733. The molecule has 0 saturated heterocycles. The fourth-order valence-corrected chi connectivity index (χ4v) is 2.99. The molecule has 0 atom stereocenters. The Bertz CT molecular complexity index is 516. The van der Waals surface area contributed by atoms with E-state index in [1.165, 1.54) is 29.8 Å². The summed E-state index contributed by atoms with van der Waals surface area (Å²) in [6.45, 7) is 2.46. The maximum Gasteiger partial charge on any atom is 0.223 e. The second kappa shape index (κ2) is 5.20. The standard InChI is InChI=1S/C15H24N4O/c1-17(2)9-13-12-6-7-19(10-14(12)18(3)16-13)15(20)8-11-4-5-11/h11H,4-10H2,1-3H3. The smallest absolute Gasteiger partial charge is 0.223 e. The summed E-state index contributed by atoms with van der Waals surface area (Å²) in [5, 5.41) is 4.64. The molecule has 3 rings (SSSR count). The van der Waals surface area contributed by atoms with Gasteiger partial charge in [0.05, 0.1) is 17.9 Å². The van der Waals surface area contributed by atoms with Crippen molar-refractivity contribution in [1.29, 1.82) is 0 Å². The number of rotatable bonds is 4. The van der Waals surface area contributed by atoms with Gasteiger partial charge in [-0.25, -0.2) is 0 Å². The molecular formula is C15H24N4O. The maximum atomic E-state index is 12.2. The zero-order chi connectivity index (χ0) is 14.3. The summed E-state index contributed by atoms with van der Waals surface area (Å²) in [5.74, 6) is 0.994. The van der Waals surface area contributed by atoms with Crippen molar-refractivity contribution < 1.29 is 4.79 Å². The average molecular weight is 276 g/mol. The van der Waals surface area contributed by atoms with Gasteiger partial charge in [-0.2, -0.15) is 5.10 Å². The predicted molar refractivity (Wildman–Crippen MR) is 77.1 cm³/mol. The Labute approximate surface area is 120 Å². The summed E-state index contributed by atoms with van der Waals surface area (Å²) >= 11 is 0. The number of hydrogen-bond donors (Lipinski definition) is 0. The zero-order valence-corrected chi connectivity index (χ0v) is 12.7. The topological polar surface area (TPSA) is 41.4 Å². The van der Waals surface area contributed by atoms with Crippen molar-refractivity contribution in [1.82, 2.24) is 19.6 Å². The molecule has 1 amide bonds. The van der Waals surface area contributed by atoms with Crippen molar-refractivity contribution >= 4 is 5.91 Å². The summed E-state index contributed by atoms with van der Waals surface area (Å²) in [6.07, 6.45) is 4.17. The lowest BCUT2D eigenvalue weighted by Crippen LogP contribution is -2.36. The molecule has 0 aromatic carbocycles. The van der Waals surface area contributed by atoms with Crippen LogP contribution in [0, 0.1) is 5.92 Å². The maximum absolute atomic E-state index is 12.2. The molecule has 0 N–H and O–H groups in total. The van der Waals surface area contributed by atoms with Crippen LogP contribution in [0.2, 0.25) is 0 Å². The van der Waals surface area contributed by atoms with Gasteiger partial charge >= 0.3 is 0 Å². The normalized spacial score (nSPS) is 18.5. The summed E-state index contributed by atoms with van der Waals surface area (Å²) in [4.78, 5) is 16.4. The van der Waals surface area contributed by atoms with Crippen molar-refractivity contribution in [3.8, 4) is 0 Å². The molecule has 0 radical (unpaired) electrons. The second-order valence-corrected chi connectivity index (χ2v) is 6.45. The van der Waals surface area contributed by atoms with Crippen LogP contribution in [0.15, 0.2) is 0 Å². The third kappa shape index (κ3) is 2.73. The van der Waals surface area contributed by atoms with E-state index < -0.39 is 0 Å². The minimum atomic E-state index is 0.327. The largest absolute Gasteiger partial charge is 0.336 e. The third-order valence-electron chi connectivity index (χ3n) is 4.31. The minimum Gasteiger partial charge on any atom is -0.336 e. The molecule has 1 fully saturated rings. The van der Waals surface area contributed by atoms with Gasteiger partial charge in [0.2, 0.25) is 5.91 Å². The number of carbonyl (C=O) groups is 1. The van der Waals surface area contributed by atoms with Crippen molar-refractivity contribution in [3.63, 3.8) is 0 Å². The summed E-state index contributed by atoms with van der Waals surface area (Å²) < 4.78 is 1.96. The van der Waals surface area contributed by atoms with Crippen molar-refractivity contribution in [2.45, 2.75) is 38.8 Å². The molecule has 1 aliphatic heterocycles. The van der Waals surface area contributed by atoms with Gasteiger partial charge in [-0.1, -0.05) is 0 Å². The molecule has 2 aliphatic rings. The van der Waals surface area contributed by atoms with E-state index in [-0.39, 0.29) is 0 Å². The highest BCUT2D eigenvalue weighted by Crippen LogP contribution is 2.33. The SMILES string of the molecule is CN(C)Cc1nn(C)c2c1CCN(C(=O)CC1CC1)C2. The van der Waals surface area contributed by atoms with Crippen LogP contribution in [0.1, 0.15) is 36.2 Å². The lowest BCUT2D eigenvalue weighted by Gasteiger charge is -2.28. The molecule has 1 saturated carbocycles. The fourth-order valence-electron chi connectivity index (χ4n) is 2.99. The molecule has 1 aliphatic carbocycles. The Morgan fingerprint density at radius 1 is 1.40 bits per heavy atom. The molecule has 5 heteroatoms. The number of aryl methyl sites for hydroxylation is 1. The molecule has 0 spiro atoms. The van der Waals surface area contributed by atoms with Crippen LogP contribution in [0.3, 0.4) is 0 Å². The van der Waals surface area contributed by atoms with E-state index in [2.05, 4.69) is 24.1 Å². The molecule has 0 unspecified atom stereocenters. The van der Waals surface area contributed by atoms with Crippen LogP contribution >= 0.6 is 0 Å². The van der Waals surface area contributed by atoms with Gasteiger partial charge in [-0.3, -0.25) is 9.48 Å². The summed E-state index contributed by atoms with van der Waals surface area (Å²) in [5.41, 5.74) is 3.75. The van der Waals surface area contributed by atoms with E-state index >= 15 is 0 Å². The predicted octanol–water partition coefficient (Wildman–Crippen LogP) is 1.17. The van der Waals surface area contributed by atoms with Gasteiger partial charge in [-0.05, 0) is 39.3 Å². The number of carbonyl (C=O) groups excluding carboxylic acids is 1. The molecule has 2 heterocycles. The van der Waals surface area contributed by atoms with E-state index in [1.54, 1.807) is 0 Å². The van der Waals surface area contributed by atoms with Crippen LogP contribution in [-0.4, -0.2) is 46.1 Å². The molecular weight excluding hydrogens is 252 g/mol. The van der Waals surface area contributed by atoms with Gasteiger partial charge in [-0.15, -0.1) is 0 Å². The first-order valence-corrected chi connectivity index (χ1v) is 7.50. The molecule has 1 aromatic rings. The first kappa shape index (κ1) is 13.6. The number of aromatic nitrogens is 2. The molecule has 5 nitrogen and oxygen atoms in total. The number of amides is 1. The molecule has 20 heavy (non-hydrogen) atoms. The van der Waals surface area contributed by atoms with Crippen molar-refractivity contribution in [3.05, 3.63) is 17.0 Å². The molecule has 0 bridgehead atoms.